The summed E-state index contributed by atoms with van der Waals surface area (Å²) in [6.45, 7) is 2.75. The molecule has 1 saturated heterocycles. The number of hydrogen-bond donors (Lipinski definition) is 1. The maximum atomic E-state index is 13.5. The molecule has 0 radical (unpaired) electrons. The van der Waals surface area contributed by atoms with E-state index in [1.165, 1.54) is 6.07 Å². The Bertz CT molecular complexity index is 372. The normalized spacial score (nSPS) is 25.4. The first kappa shape index (κ1) is 11.7. The van der Waals surface area contributed by atoms with Crippen molar-refractivity contribution in [2.24, 2.45) is 0 Å². The van der Waals surface area contributed by atoms with E-state index < -0.39 is 0 Å². The largest absolute Gasteiger partial charge is 0.380 e. The van der Waals surface area contributed by atoms with Crippen molar-refractivity contribution in [3.63, 3.8) is 0 Å². The first-order valence-electron chi connectivity index (χ1n) is 5.48. The van der Waals surface area contributed by atoms with Crippen molar-refractivity contribution < 1.29 is 9.13 Å². The maximum absolute atomic E-state index is 13.5. The number of ether oxygens (including phenoxy) is 1. The van der Waals surface area contributed by atoms with Gasteiger partial charge in [-0.3, -0.25) is 0 Å². The number of halogens is 2. The lowest BCUT2D eigenvalue weighted by Gasteiger charge is -2.28. The van der Waals surface area contributed by atoms with Crippen LogP contribution < -0.4 is 5.32 Å². The van der Waals surface area contributed by atoms with Gasteiger partial charge in [0.2, 0.25) is 0 Å². The van der Waals surface area contributed by atoms with E-state index in [4.69, 9.17) is 16.3 Å². The lowest BCUT2D eigenvalue weighted by atomic mass is 10.0. The summed E-state index contributed by atoms with van der Waals surface area (Å²) in [4.78, 5) is 0. The standard InChI is InChI=1S/C12H15ClFNO/c1-8-6-10(4-5-16-8)15-12-7-9(13)2-3-11(12)14/h2-3,7-8,10,15H,4-6H2,1H3. The molecule has 1 aliphatic rings. The molecule has 1 aromatic rings. The first-order valence-corrected chi connectivity index (χ1v) is 5.86. The molecule has 0 aliphatic carbocycles. The molecule has 1 aliphatic heterocycles. The van der Waals surface area contributed by atoms with Gasteiger partial charge in [0, 0.05) is 17.7 Å². The fraction of sp³-hybridized carbons (Fsp3) is 0.500. The van der Waals surface area contributed by atoms with Crippen LogP contribution in [-0.2, 0) is 4.74 Å². The number of anilines is 1. The van der Waals surface area contributed by atoms with Crippen LogP contribution in [0.15, 0.2) is 18.2 Å². The Hall–Kier alpha value is -0.800. The van der Waals surface area contributed by atoms with E-state index >= 15 is 0 Å². The third-order valence-corrected chi connectivity index (χ3v) is 3.01. The molecule has 2 nitrogen and oxygen atoms in total. The summed E-state index contributed by atoms with van der Waals surface area (Å²) in [6.07, 6.45) is 2.02. The highest BCUT2D eigenvalue weighted by Crippen LogP contribution is 2.23. The maximum Gasteiger partial charge on any atom is 0.146 e. The highest BCUT2D eigenvalue weighted by molar-refractivity contribution is 6.30. The first-order chi connectivity index (χ1) is 7.65. The lowest BCUT2D eigenvalue weighted by Crippen LogP contribution is -2.32. The number of hydrogen-bond acceptors (Lipinski definition) is 2. The molecular formula is C12H15ClFNO. The Morgan fingerprint density at radius 3 is 3.06 bits per heavy atom. The van der Waals surface area contributed by atoms with Crippen molar-refractivity contribution in [3.05, 3.63) is 29.0 Å². The zero-order valence-corrected chi connectivity index (χ0v) is 9.93. The summed E-state index contributed by atoms with van der Waals surface area (Å²) in [5.74, 6) is -0.261. The van der Waals surface area contributed by atoms with E-state index in [1.54, 1.807) is 12.1 Å². The quantitative estimate of drug-likeness (QED) is 0.859. The topological polar surface area (TPSA) is 21.3 Å². The molecule has 1 N–H and O–H groups in total. The minimum absolute atomic E-state index is 0.230. The highest BCUT2D eigenvalue weighted by Gasteiger charge is 2.19. The Morgan fingerprint density at radius 2 is 2.31 bits per heavy atom. The van der Waals surface area contributed by atoms with Crippen LogP contribution in [0.25, 0.3) is 0 Å². The second-order valence-electron chi connectivity index (χ2n) is 4.17. The average Bonchev–Trinajstić information content (AvgIpc) is 2.24. The Kier molecular flexibility index (Phi) is 3.66. The van der Waals surface area contributed by atoms with Gasteiger partial charge in [0.1, 0.15) is 5.82 Å². The van der Waals surface area contributed by atoms with Crippen LogP contribution in [0.3, 0.4) is 0 Å². The second-order valence-corrected chi connectivity index (χ2v) is 4.61. The van der Waals surface area contributed by atoms with Gasteiger partial charge >= 0.3 is 0 Å². The van der Waals surface area contributed by atoms with Crippen molar-refractivity contribution in [2.75, 3.05) is 11.9 Å². The van der Waals surface area contributed by atoms with Crippen LogP contribution in [0.4, 0.5) is 10.1 Å². The van der Waals surface area contributed by atoms with E-state index in [0.717, 1.165) is 19.4 Å². The molecule has 2 unspecified atom stereocenters. The smallest absolute Gasteiger partial charge is 0.146 e. The monoisotopic (exact) mass is 243 g/mol. The number of benzene rings is 1. The molecule has 1 fully saturated rings. The molecule has 2 rings (SSSR count). The van der Waals surface area contributed by atoms with Crippen LogP contribution >= 0.6 is 11.6 Å². The molecule has 0 bridgehead atoms. The minimum Gasteiger partial charge on any atom is -0.380 e. The molecule has 0 amide bonds. The average molecular weight is 244 g/mol. The summed E-state index contributed by atoms with van der Waals surface area (Å²) in [7, 11) is 0. The van der Waals surface area contributed by atoms with E-state index in [1.807, 2.05) is 6.92 Å². The molecule has 1 heterocycles. The van der Waals surface area contributed by atoms with Crippen LogP contribution in [-0.4, -0.2) is 18.8 Å². The molecule has 0 aromatic heterocycles. The van der Waals surface area contributed by atoms with Gasteiger partial charge in [-0.1, -0.05) is 11.6 Å². The zero-order valence-electron chi connectivity index (χ0n) is 9.17. The zero-order chi connectivity index (χ0) is 11.5. The van der Waals surface area contributed by atoms with Gasteiger partial charge in [0.15, 0.2) is 0 Å². The molecule has 0 spiro atoms. The predicted molar refractivity (Wildman–Crippen MR) is 63.5 cm³/mol. The van der Waals surface area contributed by atoms with Crippen molar-refractivity contribution in [2.45, 2.75) is 31.9 Å². The second kappa shape index (κ2) is 5.02. The minimum atomic E-state index is -0.261. The van der Waals surface area contributed by atoms with Gasteiger partial charge in [-0.15, -0.1) is 0 Å². The lowest BCUT2D eigenvalue weighted by molar-refractivity contribution is 0.0232. The van der Waals surface area contributed by atoms with Gasteiger partial charge in [-0.25, -0.2) is 4.39 Å². The fourth-order valence-electron chi connectivity index (χ4n) is 1.96. The third-order valence-electron chi connectivity index (χ3n) is 2.77. The summed E-state index contributed by atoms with van der Waals surface area (Å²) in [6, 6.07) is 4.82. The third kappa shape index (κ3) is 2.86. The molecular weight excluding hydrogens is 229 g/mol. The number of rotatable bonds is 2. The van der Waals surface area contributed by atoms with E-state index in [0.29, 0.717) is 10.7 Å². The van der Waals surface area contributed by atoms with Gasteiger partial charge < -0.3 is 10.1 Å². The highest BCUT2D eigenvalue weighted by atomic mass is 35.5. The number of nitrogens with one attached hydrogen (secondary N) is 1. The van der Waals surface area contributed by atoms with Gasteiger partial charge in [0.05, 0.1) is 11.8 Å². The van der Waals surface area contributed by atoms with Gasteiger partial charge in [-0.2, -0.15) is 0 Å². The molecule has 16 heavy (non-hydrogen) atoms. The van der Waals surface area contributed by atoms with Crippen molar-refractivity contribution in [1.82, 2.24) is 0 Å². The molecule has 4 heteroatoms. The van der Waals surface area contributed by atoms with E-state index in [9.17, 15) is 4.39 Å². The Morgan fingerprint density at radius 1 is 1.50 bits per heavy atom. The van der Waals surface area contributed by atoms with Crippen LogP contribution in [0, 0.1) is 5.82 Å². The van der Waals surface area contributed by atoms with Crippen molar-refractivity contribution in [3.8, 4) is 0 Å². The van der Waals surface area contributed by atoms with Crippen LogP contribution in [0.1, 0.15) is 19.8 Å². The van der Waals surface area contributed by atoms with Crippen LogP contribution in [0.5, 0.6) is 0 Å². The van der Waals surface area contributed by atoms with Gasteiger partial charge in [-0.05, 0) is 38.0 Å². The summed E-state index contributed by atoms with van der Waals surface area (Å²) in [5, 5.41) is 3.73. The summed E-state index contributed by atoms with van der Waals surface area (Å²) < 4.78 is 18.9. The van der Waals surface area contributed by atoms with Crippen molar-refractivity contribution in [1.29, 1.82) is 0 Å². The molecule has 88 valence electrons. The fourth-order valence-corrected chi connectivity index (χ4v) is 2.13. The Balaban J connectivity index is 2.05. The summed E-state index contributed by atoms with van der Waals surface area (Å²) >= 11 is 5.83. The SMILES string of the molecule is CC1CC(Nc2cc(Cl)ccc2F)CCO1. The van der Waals surface area contributed by atoms with Crippen LogP contribution in [0.2, 0.25) is 5.02 Å². The van der Waals surface area contributed by atoms with Crippen molar-refractivity contribution >= 4 is 17.3 Å². The molecule has 2 atom stereocenters. The molecule has 0 saturated carbocycles. The molecule has 1 aromatic carbocycles. The summed E-state index contributed by atoms with van der Waals surface area (Å²) in [5.41, 5.74) is 0.478. The van der Waals surface area contributed by atoms with E-state index in [-0.39, 0.29) is 18.0 Å². The predicted octanol–water partition coefficient (Wildman–Crippen LogP) is 3.46. The van der Waals surface area contributed by atoms with E-state index in [2.05, 4.69) is 5.32 Å². The Labute approximate surface area is 99.7 Å². The van der Waals surface area contributed by atoms with Gasteiger partial charge in [0.25, 0.3) is 0 Å².